The summed E-state index contributed by atoms with van der Waals surface area (Å²) >= 11 is 5.85. The Morgan fingerprint density at radius 1 is 1.39 bits per heavy atom. The predicted molar refractivity (Wildman–Crippen MR) is 73.2 cm³/mol. The molecule has 0 spiro atoms. The van der Waals surface area contributed by atoms with Crippen LogP contribution in [0.1, 0.15) is 20.3 Å². The Labute approximate surface area is 112 Å². The lowest BCUT2D eigenvalue weighted by atomic mass is 10.3. The van der Waals surface area contributed by atoms with E-state index in [0.29, 0.717) is 11.1 Å². The molecule has 1 atom stereocenters. The molecule has 0 bridgehead atoms. The third-order valence-corrected chi connectivity index (χ3v) is 3.38. The number of nitrogens with one attached hydrogen (secondary N) is 1. The van der Waals surface area contributed by atoms with Crippen LogP contribution < -0.4 is 5.32 Å². The molecule has 1 aliphatic heterocycles. The molecule has 98 valence electrons. The molecule has 5 heteroatoms. The van der Waals surface area contributed by atoms with E-state index in [0.717, 1.165) is 25.1 Å². The minimum atomic E-state index is 0.0195. The summed E-state index contributed by atoms with van der Waals surface area (Å²) in [6.07, 6.45) is 1.83. The fourth-order valence-electron chi connectivity index (χ4n) is 2.22. The van der Waals surface area contributed by atoms with Gasteiger partial charge in [-0.2, -0.15) is 0 Å². The summed E-state index contributed by atoms with van der Waals surface area (Å²) in [7, 11) is 0. The van der Waals surface area contributed by atoms with Gasteiger partial charge in [-0.15, -0.1) is 0 Å². The molecule has 0 unspecified atom stereocenters. The minimum absolute atomic E-state index is 0.0195. The molecule has 0 aromatic heterocycles. The molecule has 1 aromatic carbocycles. The van der Waals surface area contributed by atoms with Crippen molar-refractivity contribution < 1.29 is 4.79 Å². The van der Waals surface area contributed by atoms with Crippen LogP contribution in [0.2, 0.25) is 5.02 Å². The van der Waals surface area contributed by atoms with E-state index in [9.17, 15) is 4.79 Å². The fraction of sp³-hybridized carbons (Fsp3) is 0.462. The lowest BCUT2D eigenvalue weighted by Crippen LogP contribution is -2.46. The number of benzene rings is 1. The number of carbonyl (C=O) groups excluding carboxylic acids is 1. The van der Waals surface area contributed by atoms with E-state index in [4.69, 9.17) is 11.6 Å². The first-order chi connectivity index (χ1) is 8.61. The van der Waals surface area contributed by atoms with Crippen molar-refractivity contribution in [1.82, 2.24) is 10.0 Å². The fourth-order valence-corrected chi connectivity index (χ4v) is 2.34. The summed E-state index contributed by atoms with van der Waals surface area (Å²) in [6.45, 7) is 5.06. The van der Waals surface area contributed by atoms with Gasteiger partial charge in [-0.25, -0.2) is 5.01 Å². The van der Waals surface area contributed by atoms with Crippen LogP contribution in [0, 0.1) is 0 Å². The summed E-state index contributed by atoms with van der Waals surface area (Å²) in [5.74, 6) is 0. The number of amides is 1. The van der Waals surface area contributed by atoms with E-state index in [2.05, 4.69) is 24.2 Å². The maximum Gasteiger partial charge on any atom is 0.225 e. The van der Waals surface area contributed by atoms with Gasteiger partial charge in [0.15, 0.2) is 0 Å². The van der Waals surface area contributed by atoms with Crippen LogP contribution in [0.25, 0.3) is 0 Å². The zero-order chi connectivity index (χ0) is 13.1. The highest BCUT2D eigenvalue weighted by Crippen LogP contribution is 2.22. The summed E-state index contributed by atoms with van der Waals surface area (Å²) in [4.78, 5) is 11.2. The first-order valence-corrected chi connectivity index (χ1v) is 6.52. The third-order valence-electron chi connectivity index (χ3n) is 3.13. The number of rotatable bonds is 4. The molecule has 1 saturated heterocycles. The Kier molecular flexibility index (Phi) is 4.09. The zero-order valence-corrected chi connectivity index (χ0v) is 11.4. The number of hydrogen-bond acceptors (Lipinski definition) is 3. The van der Waals surface area contributed by atoms with Crippen molar-refractivity contribution in [1.29, 1.82) is 0 Å². The first kappa shape index (κ1) is 13.2. The monoisotopic (exact) mass is 267 g/mol. The Balaban J connectivity index is 2.05. The molecule has 1 N–H and O–H groups in total. The van der Waals surface area contributed by atoms with Gasteiger partial charge < -0.3 is 5.32 Å². The number of halogens is 1. The highest BCUT2D eigenvalue weighted by Gasteiger charge is 2.31. The third kappa shape index (κ3) is 2.76. The van der Waals surface area contributed by atoms with Crippen LogP contribution in [-0.4, -0.2) is 35.2 Å². The van der Waals surface area contributed by atoms with Gasteiger partial charge in [0, 0.05) is 29.7 Å². The van der Waals surface area contributed by atoms with Gasteiger partial charge in [-0.1, -0.05) is 11.6 Å². The lowest BCUT2D eigenvalue weighted by Gasteiger charge is -2.32. The highest BCUT2D eigenvalue weighted by atomic mass is 35.5. The molecule has 1 heterocycles. The van der Waals surface area contributed by atoms with Crippen molar-refractivity contribution >= 4 is 23.7 Å². The van der Waals surface area contributed by atoms with Gasteiger partial charge in [0.1, 0.15) is 6.17 Å². The lowest BCUT2D eigenvalue weighted by molar-refractivity contribution is -0.134. The summed E-state index contributed by atoms with van der Waals surface area (Å²) in [5.41, 5.74) is 0.974. The average molecular weight is 268 g/mol. The molecule has 18 heavy (non-hydrogen) atoms. The van der Waals surface area contributed by atoms with Gasteiger partial charge >= 0.3 is 0 Å². The van der Waals surface area contributed by atoms with Crippen molar-refractivity contribution in [3.8, 4) is 0 Å². The van der Waals surface area contributed by atoms with Gasteiger partial charge in [-0.05, 0) is 38.1 Å². The maximum atomic E-state index is 11.2. The second-order valence-corrected chi connectivity index (χ2v) is 5.13. The Bertz CT molecular complexity index is 407. The smallest absolute Gasteiger partial charge is 0.225 e. The molecule has 4 nitrogen and oxygen atoms in total. The van der Waals surface area contributed by atoms with E-state index >= 15 is 0 Å². The highest BCUT2D eigenvalue weighted by molar-refractivity contribution is 6.30. The standard InChI is InChI=1S/C13H18ClN3O/c1-10(2)16-8-7-13(17(16)9-18)15-12-5-3-11(14)4-6-12/h3-6,9-10,13,15H,7-8H2,1-2H3/t13-/m1/s1. The van der Waals surface area contributed by atoms with Crippen LogP contribution in [0.4, 0.5) is 5.69 Å². The number of nitrogens with zero attached hydrogens (tertiary/aromatic N) is 2. The van der Waals surface area contributed by atoms with E-state index < -0.39 is 0 Å². The van der Waals surface area contributed by atoms with Crippen molar-refractivity contribution in [2.24, 2.45) is 0 Å². The van der Waals surface area contributed by atoms with Gasteiger partial charge in [0.2, 0.25) is 6.41 Å². The van der Waals surface area contributed by atoms with E-state index in [1.54, 1.807) is 5.01 Å². The average Bonchev–Trinajstić information content (AvgIpc) is 2.75. The van der Waals surface area contributed by atoms with E-state index in [1.165, 1.54) is 0 Å². The quantitative estimate of drug-likeness (QED) is 0.852. The van der Waals surface area contributed by atoms with Crippen molar-refractivity contribution in [2.45, 2.75) is 32.5 Å². The Morgan fingerprint density at radius 3 is 2.61 bits per heavy atom. The normalized spacial score (nSPS) is 20.4. The SMILES string of the molecule is CC(C)N1CC[C@H](Nc2ccc(Cl)cc2)N1C=O. The zero-order valence-electron chi connectivity index (χ0n) is 10.6. The van der Waals surface area contributed by atoms with Crippen LogP contribution in [0.5, 0.6) is 0 Å². The minimum Gasteiger partial charge on any atom is -0.364 e. The Morgan fingerprint density at radius 2 is 2.06 bits per heavy atom. The molecule has 0 saturated carbocycles. The predicted octanol–water partition coefficient (Wildman–Crippen LogP) is 2.57. The summed E-state index contributed by atoms with van der Waals surface area (Å²) in [6, 6.07) is 7.84. The Hall–Kier alpha value is -1.26. The first-order valence-electron chi connectivity index (χ1n) is 6.14. The number of hydrazine groups is 1. The molecule has 1 amide bonds. The molecular formula is C13H18ClN3O. The molecule has 1 fully saturated rings. The number of carbonyl (C=O) groups is 1. The van der Waals surface area contributed by atoms with Crippen LogP contribution >= 0.6 is 11.6 Å². The molecule has 1 aromatic rings. The number of anilines is 1. The topological polar surface area (TPSA) is 35.6 Å². The van der Waals surface area contributed by atoms with Gasteiger partial charge in [0.05, 0.1) is 0 Å². The van der Waals surface area contributed by atoms with E-state index in [1.807, 2.05) is 24.3 Å². The molecule has 0 aliphatic carbocycles. The second kappa shape index (κ2) is 5.59. The van der Waals surface area contributed by atoms with Crippen molar-refractivity contribution in [3.63, 3.8) is 0 Å². The summed E-state index contributed by atoms with van der Waals surface area (Å²) < 4.78 is 0. The maximum absolute atomic E-state index is 11.2. The van der Waals surface area contributed by atoms with Crippen molar-refractivity contribution in [2.75, 3.05) is 11.9 Å². The second-order valence-electron chi connectivity index (χ2n) is 4.70. The molecular weight excluding hydrogens is 250 g/mol. The largest absolute Gasteiger partial charge is 0.364 e. The summed E-state index contributed by atoms with van der Waals surface area (Å²) in [5, 5.41) is 7.86. The van der Waals surface area contributed by atoms with Crippen molar-refractivity contribution in [3.05, 3.63) is 29.3 Å². The van der Waals surface area contributed by atoms with Crippen LogP contribution in [0.3, 0.4) is 0 Å². The molecule has 0 radical (unpaired) electrons. The van der Waals surface area contributed by atoms with Gasteiger partial charge in [-0.3, -0.25) is 9.80 Å². The van der Waals surface area contributed by atoms with E-state index in [-0.39, 0.29) is 6.17 Å². The number of hydrogen-bond donors (Lipinski definition) is 1. The van der Waals surface area contributed by atoms with Gasteiger partial charge in [0.25, 0.3) is 0 Å². The molecule has 2 rings (SSSR count). The molecule has 1 aliphatic rings. The van der Waals surface area contributed by atoms with Crippen LogP contribution in [-0.2, 0) is 4.79 Å². The van der Waals surface area contributed by atoms with Crippen LogP contribution in [0.15, 0.2) is 24.3 Å².